The number of rotatable bonds is 14. The Morgan fingerprint density at radius 3 is 1.27 bits per heavy atom. The first-order chi connectivity index (χ1) is 18.5. The molecule has 0 bridgehead atoms. The first kappa shape index (κ1) is 37.1. The maximum absolute atomic E-state index is 13.1. The SMILES string of the molecule is Br.Br.CCCN(CCC)C(=O)C1CCCN(Cc2ccc(CN3CCCC(C(=O)N(CCC)CCC)C3)cc2)C1. The van der Waals surface area contributed by atoms with Crippen molar-refractivity contribution in [1.29, 1.82) is 0 Å². The highest BCUT2D eigenvalue weighted by Gasteiger charge is 2.30. The molecule has 6 nitrogen and oxygen atoms in total. The number of hydrogen-bond acceptors (Lipinski definition) is 4. The summed E-state index contributed by atoms with van der Waals surface area (Å²) in [5.74, 6) is 1.00. The number of amides is 2. The van der Waals surface area contributed by atoms with Crippen molar-refractivity contribution in [2.24, 2.45) is 11.8 Å². The average Bonchev–Trinajstić information content (AvgIpc) is 2.93. The molecular weight excluding hydrogens is 632 g/mol. The van der Waals surface area contributed by atoms with Crippen LogP contribution in [0.3, 0.4) is 0 Å². The smallest absolute Gasteiger partial charge is 0.226 e. The minimum absolute atomic E-state index is 0. The molecule has 230 valence electrons. The zero-order valence-corrected chi connectivity index (χ0v) is 29.0. The summed E-state index contributed by atoms with van der Waals surface area (Å²) >= 11 is 0. The summed E-state index contributed by atoms with van der Waals surface area (Å²) in [6, 6.07) is 9.05. The Morgan fingerprint density at radius 2 is 0.975 bits per heavy atom. The lowest BCUT2D eigenvalue weighted by atomic mass is 9.95. The number of halogens is 2. The van der Waals surface area contributed by atoms with Gasteiger partial charge in [0, 0.05) is 52.4 Å². The second-order valence-electron chi connectivity index (χ2n) is 11.6. The van der Waals surface area contributed by atoms with Crippen molar-refractivity contribution in [2.45, 2.75) is 92.2 Å². The number of carbonyl (C=O) groups excluding carboxylic acids is 2. The predicted molar refractivity (Wildman–Crippen MR) is 177 cm³/mol. The number of nitrogens with zero attached hydrogens (tertiary/aromatic N) is 4. The molecule has 8 heteroatoms. The summed E-state index contributed by atoms with van der Waals surface area (Å²) in [6.07, 6.45) is 8.35. The van der Waals surface area contributed by atoms with E-state index in [2.05, 4.69) is 71.6 Å². The Labute approximate surface area is 265 Å². The van der Waals surface area contributed by atoms with Crippen molar-refractivity contribution in [3.8, 4) is 0 Å². The van der Waals surface area contributed by atoms with E-state index in [9.17, 15) is 9.59 Å². The third-order valence-electron chi connectivity index (χ3n) is 8.14. The monoisotopic (exact) mass is 686 g/mol. The van der Waals surface area contributed by atoms with Crippen LogP contribution in [0.25, 0.3) is 0 Å². The summed E-state index contributed by atoms with van der Waals surface area (Å²) in [5, 5.41) is 0. The molecule has 2 heterocycles. The summed E-state index contributed by atoms with van der Waals surface area (Å²) in [7, 11) is 0. The Balaban J connectivity index is 0.00000400. The molecule has 2 unspecified atom stereocenters. The van der Waals surface area contributed by atoms with Gasteiger partial charge in [0.05, 0.1) is 11.8 Å². The Morgan fingerprint density at radius 1 is 0.650 bits per heavy atom. The van der Waals surface area contributed by atoms with Gasteiger partial charge < -0.3 is 9.80 Å². The molecule has 2 fully saturated rings. The van der Waals surface area contributed by atoms with E-state index < -0.39 is 0 Å². The molecule has 2 aliphatic rings. The first-order valence-electron chi connectivity index (χ1n) is 15.6. The van der Waals surface area contributed by atoms with E-state index in [1.165, 1.54) is 11.1 Å². The van der Waals surface area contributed by atoms with Gasteiger partial charge in [-0.1, -0.05) is 52.0 Å². The van der Waals surface area contributed by atoms with Gasteiger partial charge in [-0.05, 0) is 75.6 Å². The number of carbonyl (C=O) groups is 2. The molecule has 1 aromatic carbocycles. The van der Waals surface area contributed by atoms with Crippen LogP contribution >= 0.6 is 34.0 Å². The Hall–Kier alpha value is -0.960. The molecule has 40 heavy (non-hydrogen) atoms. The molecule has 2 amide bonds. The van der Waals surface area contributed by atoms with Crippen LogP contribution in [0.15, 0.2) is 24.3 Å². The fourth-order valence-electron chi connectivity index (χ4n) is 6.33. The Kier molecular flexibility index (Phi) is 18.6. The van der Waals surface area contributed by atoms with Crippen LogP contribution in [0.5, 0.6) is 0 Å². The fourth-order valence-corrected chi connectivity index (χ4v) is 6.33. The third-order valence-corrected chi connectivity index (χ3v) is 8.14. The van der Waals surface area contributed by atoms with E-state index in [0.717, 1.165) is 117 Å². The molecule has 0 aliphatic carbocycles. The van der Waals surface area contributed by atoms with E-state index in [1.807, 2.05) is 0 Å². The highest BCUT2D eigenvalue weighted by Crippen LogP contribution is 2.23. The second-order valence-corrected chi connectivity index (χ2v) is 11.6. The van der Waals surface area contributed by atoms with Gasteiger partial charge in [-0.3, -0.25) is 19.4 Å². The minimum atomic E-state index is 0. The Bertz CT molecular complexity index is 773. The van der Waals surface area contributed by atoms with Gasteiger partial charge in [-0.25, -0.2) is 0 Å². The maximum atomic E-state index is 13.1. The molecule has 0 aromatic heterocycles. The fraction of sp³-hybridized carbons (Fsp3) is 0.750. The van der Waals surface area contributed by atoms with Crippen LogP contribution in [0, 0.1) is 11.8 Å². The van der Waals surface area contributed by atoms with Gasteiger partial charge in [0.25, 0.3) is 0 Å². The lowest BCUT2D eigenvalue weighted by Gasteiger charge is -2.35. The van der Waals surface area contributed by atoms with Crippen molar-refractivity contribution in [3.05, 3.63) is 35.4 Å². The van der Waals surface area contributed by atoms with E-state index in [1.54, 1.807) is 0 Å². The van der Waals surface area contributed by atoms with Gasteiger partial charge in [0.2, 0.25) is 11.8 Å². The van der Waals surface area contributed by atoms with Crippen molar-refractivity contribution >= 4 is 45.8 Å². The van der Waals surface area contributed by atoms with Crippen LogP contribution in [0.4, 0.5) is 0 Å². The summed E-state index contributed by atoms with van der Waals surface area (Å²) in [4.78, 5) is 35.4. The van der Waals surface area contributed by atoms with E-state index in [0.29, 0.717) is 11.8 Å². The highest BCUT2D eigenvalue weighted by molar-refractivity contribution is 8.93. The minimum Gasteiger partial charge on any atom is -0.342 e. The molecule has 0 saturated carbocycles. The van der Waals surface area contributed by atoms with Crippen LogP contribution < -0.4 is 0 Å². The molecule has 1 aromatic rings. The van der Waals surface area contributed by atoms with Crippen molar-refractivity contribution in [1.82, 2.24) is 19.6 Å². The zero-order chi connectivity index (χ0) is 27.3. The molecule has 0 N–H and O–H groups in total. The maximum Gasteiger partial charge on any atom is 0.226 e. The molecule has 0 radical (unpaired) electrons. The standard InChI is InChI=1S/C32H54N4O2.2BrH/c1-5-17-35(18-6-2)31(37)29-11-9-21-33(25-29)23-27-13-15-28(16-14-27)24-34-22-10-12-30(26-34)32(38)36(19-7-3)20-8-4;;/h13-16,29-30H,5-12,17-26H2,1-4H3;2*1H. The average molecular weight is 689 g/mol. The summed E-state index contributed by atoms with van der Waals surface area (Å²) in [5.41, 5.74) is 2.64. The van der Waals surface area contributed by atoms with Crippen molar-refractivity contribution in [2.75, 3.05) is 52.4 Å². The molecular formula is C32H56Br2N4O2. The van der Waals surface area contributed by atoms with Gasteiger partial charge in [-0.15, -0.1) is 34.0 Å². The van der Waals surface area contributed by atoms with Gasteiger partial charge >= 0.3 is 0 Å². The van der Waals surface area contributed by atoms with Crippen LogP contribution in [-0.2, 0) is 22.7 Å². The van der Waals surface area contributed by atoms with E-state index >= 15 is 0 Å². The number of benzene rings is 1. The van der Waals surface area contributed by atoms with Gasteiger partial charge in [-0.2, -0.15) is 0 Å². The zero-order valence-electron chi connectivity index (χ0n) is 25.6. The lowest BCUT2D eigenvalue weighted by molar-refractivity contribution is -0.138. The summed E-state index contributed by atoms with van der Waals surface area (Å²) < 4.78 is 0. The van der Waals surface area contributed by atoms with Crippen LogP contribution in [0.1, 0.15) is 90.2 Å². The van der Waals surface area contributed by atoms with E-state index in [-0.39, 0.29) is 45.8 Å². The molecule has 2 aliphatic heterocycles. The van der Waals surface area contributed by atoms with E-state index in [4.69, 9.17) is 0 Å². The molecule has 3 rings (SSSR count). The predicted octanol–water partition coefficient (Wildman–Crippen LogP) is 6.56. The van der Waals surface area contributed by atoms with Crippen molar-refractivity contribution in [3.63, 3.8) is 0 Å². The highest BCUT2D eigenvalue weighted by atomic mass is 79.9. The van der Waals surface area contributed by atoms with Crippen LogP contribution in [-0.4, -0.2) is 83.8 Å². The second kappa shape index (κ2) is 20.0. The van der Waals surface area contributed by atoms with Crippen LogP contribution in [0.2, 0.25) is 0 Å². The largest absolute Gasteiger partial charge is 0.342 e. The number of likely N-dealkylation sites (tertiary alicyclic amines) is 2. The quantitative estimate of drug-likeness (QED) is 0.222. The lowest BCUT2D eigenvalue weighted by Crippen LogP contribution is -2.45. The van der Waals surface area contributed by atoms with Gasteiger partial charge in [0.15, 0.2) is 0 Å². The molecule has 2 saturated heterocycles. The summed E-state index contributed by atoms with van der Waals surface area (Å²) in [6.45, 7) is 17.9. The van der Waals surface area contributed by atoms with Crippen molar-refractivity contribution < 1.29 is 9.59 Å². The molecule has 2 atom stereocenters. The topological polar surface area (TPSA) is 47.1 Å². The number of hydrogen-bond donors (Lipinski definition) is 0. The normalized spacial score (nSPS) is 19.8. The number of piperidine rings is 2. The first-order valence-corrected chi connectivity index (χ1v) is 15.6. The van der Waals surface area contributed by atoms with Gasteiger partial charge in [0.1, 0.15) is 0 Å². The third kappa shape index (κ3) is 11.4. The molecule has 0 spiro atoms.